The van der Waals surface area contributed by atoms with Crippen LogP contribution >= 0.6 is 15.9 Å². The van der Waals surface area contributed by atoms with E-state index in [0.29, 0.717) is 12.6 Å². The maximum atomic E-state index is 6.17. The van der Waals surface area contributed by atoms with E-state index >= 15 is 0 Å². The molecule has 0 saturated carbocycles. The van der Waals surface area contributed by atoms with Crippen LogP contribution in [0.4, 0.5) is 5.69 Å². The quantitative estimate of drug-likeness (QED) is 0.898. The van der Waals surface area contributed by atoms with E-state index in [9.17, 15) is 0 Å². The lowest BCUT2D eigenvalue weighted by Gasteiger charge is -2.41. The molecule has 2 aliphatic rings. The highest BCUT2D eigenvalue weighted by Crippen LogP contribution is 2.38. The molecule has 2 atom stereocenters. The van der Waals surface area contributed by atoms with E-state index < -0.39 is 0 Å². The molecule has 19 heavy (non-hydrogen) atoms. The molecule has 104 valence electrons. The van der Waals surface area contributed by atoms with E-state index in [1.807, 2.05) is 6.07 Å². The van der Waals surface area contributed by atoms with Gasteiger partial charge in [0.1, 0.15) is 0 Å². The van der Waals surface area contributed by atoms with Crippen molar-refractivity contribution in [2.45, 2.75) is 37.3 Å². The Morgan fingerprint density at radius 2 is 2.16 bits per heavy atom. The molecule has 3 N–H and O–H groups in total. The van der Waals surface area contributed by atoms with Crippen LogP contribution in [0.1, 0.15) is 25.7 Å². The van der Waals surface area contributed by atoms with Crippen LogP contribution in [0.25, 0.3) is 0 Å². The highest BCUT2D eigenvalue weighted by atomic mass is 79.9. The van der Waals surface area contributed by atoms with E-state index in [-0.39, 0.29) is 5.54 Å². The Kier molecular flexibility index (Phi) is 3.83. The fourth-order valence-corrected chi connectivity index (χ4v) is 4.04. The third-order valence-electron chi connectivity index (χ3n) is 4.72. The normalized spacial score (nSPS) is 31.2. The van der Waals surface area contributed by atoms with Crippen molar-refractivity contribution in [3.05, 3.63) is 28.7 Å². The van der Waals surface area contributed by atoms with Crippen LogP contribution in [-0.4, -0.2) is 36.1 Å². The van der Waals surface area contributed by atoms with Crippen molar-refractivity contribution in [1.82, 2.24) is 4.90 Å². The molecule has 0 bridgehead atoms. The largest absolute Gasteiger partial charge is 0.376 e. The highest BCUT2D eigenvalue weighted by molar-refractivity contribution is 9.10. The number of benzene rings is 1. The Morgan fingerprint density at radius 3 is 2.95 bits per heavy atom. The second kappa shape index (κ2) is 5.43. The Bertz CT molecular complexity index is 451. The smallest absolute Gasteiger partial charge is 0.0662 e. The lowest BCUT2D eigenvalue weighted by atomic mass is 9.85. The molecular weight excluding hydrogens is 302 g/mol. The molecule has 0 spiro atoms. The Balaban J connectivity index is 1.85. The second-order valence-electron chi connectivity index (χ2n) is 5.76. The van der Waals surface area contributed by atoms with Crippen molar-refractivity contribution >= 4 is 21.6 Å². The lowest BCUT2D eigenvalue weighted by molar-refractivity contribution is 0.167. The van der Waals surface area contributed by atoms with E-state index in [1.54, 1.807) is 0 Å². The van der Waals surface area contributed by atoms with Gasteiger partial charge in [0, 0.05) is 29.3 Å². The average molecular weight is 324 g/mol. The molecule has 2 saturated heterocycles. The van der Waals surface area contributed by atoms with Crippen LogP contribution < -0.4 is 11.1 Å². The Hall–Kier alpha value is -0.580. The fourth-order valence-electron chi connectivity index (χ4n) is 3.66. The first kappa shape index (κ1) is 13.4. The number of rotatable bonds is 3. The first-order valence-corrected chi connectivity index (χ1v) is 8.01. The summed E-state index contributed by atoms with van der Waals surface area (Å²) in [7, 11) is 0. The number of hydrogen-bond acceptors (Lipinski definition) is 3. The minimum Gasteiger partial charge on any atom is -0.376 e. The van der Waals surface area contributed by atoms with Gasteiger partial charge in [0.05, 0.1) is 5.54 Å². The lowest BCUT2D eigenvalue weighted by Crippen LogP contribution is -2.56. The molecule has 0 aromatic heterocycles. The van der Waals surface area contributed by atoms with Crippen LogP contribution in [-0.2, 0) is 0 Å². The molecule has 2 aliphatic heterocycles. The van der Waals surface area contributed by atoms with E-state index in [4.69, 9.17) is 5.73 Å². The van der Waals surface area contributed by atoms with Crippen LogP contribution in [0.5, 0.6) is 0 Å². The predicted molar refractivity (Wildman–Crippen MR) is 83.4 cm³/mol. The van der Waals surface area contributed by atoms with Crippen molar-refractivity contribution in [1.29, 1.82) is 0 Å². The van der Waals surface area contributed by atoms with Crippen LogP contribution in [0.2, 0.25) is 0 Å². The summed E-state index contributed by atoms with van der Waals surface area (Å²) in [5.41, 5.74) is 7.38. The molecule has 3 nitrogen and oxygen atoms in total. The summed E-state index contributed by atoms with van der Waals surface area (Å²) in [6.07, 6.45) is 5.09. The minimum absolute atomic E-state index is 0.0459. The second-order valence-corrected chi connectivity index (χ2v) is 6.62. The number of fused-ring (bicyclic) bond motifs is 1. The van der Waals surface area contributed by atoms with Gasteiger partial charge in [-0.2, -0.15) is 0 Å². The maximum absolute atomic E-state index is 6.17. The Labute approximate surface area is 123 Å². The standard InChI is InChI=1S/C15H22BrN3/c16-12-5-1-2-6-13(12)18-15(11-17)8-10-19-9-4-3-7-14(15)19/h1-2,5-6,14,18H,3-4,7-11,17H2. The van der Waals surface area contributed by atoms with Gasteiger partial charge in [-0.3, -0.25) is 4.90 Å². The summed E-state index contributed by atoms with van der Waals surface area (Å²) in [5.74, 6) is 0. The zero-order chi connectivity index (χ0) is 13.3. The van der Waals surface area contributed by atoms with Crippen molar-refractivity contribution < 1.29 is 0 Å². The van der Waals surface area contributed by atoms with Gasteiger partial charge in [0.2, 0.25) is 0 Å². The first-order valence-electron chi connectivity index (χ1n) is 7.22. The summed E-state index contributed by atoms with van der Waals surface area (Å²) >= 11 is 3.63. The topological polar surface area (TPSA) is 41.3 Å². The summed E-state index contributed by atoms with van der Waals surface area (Å²) in [6, 6.07) is 8.93. The maximum Gasteiger partial charge on any atom is 0.0662 e. The molecule has 3 rings (SSSR count). The van der Waals surface area contributed by atoms with Crippen LogP contribution in [0, 0.1) is 0 Å². The molecule has 0 amide bonds. The zero-order valence-corrected chi connectivity index (χ0v) is 12.8. The van der Waals surface area contributed by atoms with Gasteiger partial charge >= 0.3 is 0 Å². The molecule has 2 fully saturated rings. The monoisotopic (exact) mass is 323 g/mol. The van der Waals surface area contributed by atoms with Crippen molar-refractivity contribution in [3.63, 3.8) is 0 Å². The van der Waals surface area contributed by atoms with Gasteiger partial charge in [-0.05, 0) is 53.9 Å². The number of anilines is 1. The SMILES string of the molecule is NCC1(Nc2ccccc2Br)CCN2CCCCC21. The van der Waals surface area contributed by atoms with Crippen LogP contribution in [0.3, 0.4) is 0 Å². The summed E-state index contributed by atoms with van der Waals surface area (Å²) in [6.45, 7) is 3.12. The molecule has 1 aromatic rings. The fraction of sp³-hybridized carbons (Fsp3) is 0.600. The third kappa shape index (κ3) is 2.41. The predicted octanol–water partition coefficient (Wildman–Crippen LogP) is 2.82. The van der Waals surface area contributed by atoms with Gasteiger partial charge in [-0.1, -0.05) is 18.6 Å². The molecule has 0 radical (unpaired) electrons. The number of nitrogens with one attached hydrogen (secondary N) is 1. The van der Waals surface area contributed by atoms with Gasteiger partial charge < -0.3 is 11.1 Å². The van der Waals surface area contributed by atoms with Gasteiger partial charge in [0.25, 0.3) is 0 Å². The van der Waals surface area contributed by atoms with Crippen molar-refractivity contribution in [2.75, 3.05) is 25.0 Å². The third-order valence-corrected chi connectivity index (χ3v) is 5.41. The van der Waals surface area contributed by atoms with Gasteiger partial charge in [-0.15, -0.1) is 0 Å². The summed E-state index contributed by atoms with van der Waals surface area (Å²) in [5, 5.41) is 3.76. The molecular formula is C15H22BrN3. The summed E-state index contributed by atoms with van der Waals surface area (Å²) in [4.78, 5) is 2.63. The molecule has 4 heteroatoms. The number of para-hydroxylation sites is 1. The number of nitrogens with zero attached hydrogens (tertiary/aromatic N) is 1. The minimum atomic E-state index is 0.0459. The first-order chi connectivity index (χ1) is 9.25. The average Bonchev–Trinajstić information content (AvgIpc) is 2.81. The van der Waals surface area contributed by atoms with Crippen LogP contribution in [0.15, 0.2) is 28.7 Å². The van der Waals surface area contributed by atoms with Crippen molar-refractivity contribution in [3.8, 4) is 0 Å². The molecule has 2 heterocycles. The highest BCUT2D eigenvalue weighted by Gasteiger charge is 2.47. The number of piperidine rings is 1. The Morgan fingerprint density at radius 1 is 1.32 bits per heavy atom. The number of hydrogen-bond donors (Lipinski definition) is 2. The number of halogens is 1. The van der Waals surface area contributed by atoms with E-state index in [2.05, 4.69) is 44.3 Å². The number of nitrogens with two attached hydrogens (primary N) is 1. The molecule has 1 aromatic carbocycles. The zero-order valence-electron chi connectivity index (χ0n) is 11.2. The van der Waals surface area contributed by atoms with Gasteiger partial charge in [-0.25, -0.2) is 0 Å². The summed E-state index contributed by atoms with van der Waals surface area (Å²) < 4.78 is 1.12. The molecule has 0 aliphatic carbocycles. The van der Waals surface area contributed by atoms with Gasteiger partial charge in [0.15, 0.2) is 0 Å². The van der Waals surface area contributed by atoms with E-state index in [0.717, 1.165) is 10.9 Å². The molecule has 2 unspecified atom stereocenters. The van der Waals surface area contributed by atoms with E-state index in [1.165, 1.54) is 38.0 Å². The van der Waals surface area contributed by atoms with Crippen molar-refractivity contribution in [2.24, 2.45) is 5.73 Å².